The molecule has 0 saturated carbocycles. The Kier molecular flexibility index (Phi) is 4.20. The van der Waals surface area contributed by atoms with E-state index < -0.39 is 0 Å². The number of benzene rings is 2. The summed E-state index contributed by atoms with van der Waals surface area (Å²) in [7, 11) is 1.84. The zero-order valence-corrected chi connectivity index (χ0v) is 11.7. The molecular formula is C16H21N3. The maximum atomic E-state index is 6.40. The number of hydrogen-bond donors (Lipinski definition) is 3. The monoisotopic (exact) mass is 255 g/mol. The molecule has 19 heavy (non-hydrogen) atoms. The predicted molar refractivity (Wildman–Crippen MR) is 81.1 cm³/mol. The van der Waals surface area contributed by atoms with E-state index in [0.717, 1.165) is 11.3 Å². The van der Waals surface area contributed by atoms with Gasteiger partial charge in [-0.25, -0.2) is 5.43 Å². The van der Waals surface area contributed by atoms with Gasteiger partial charge in [0.2, 0.25) is 0 Å². The van der Waals surface area contributed by atoms with Crippen LogP contribution in [0.25, 0.3) is 0 Å². The van der Waals surface area contributed by atoms with Crippen LogP contribution in [0.3, 0.4) is 0 Å². The van der Waals surface area contributed by atoms with E-state index in [9.17, 15) is 0 Å². The predicted octanol–water partition coefficient (Wildman–Crippen LogP) is 2.90. The van der Waals surface area contributed by atoms with Crippen molar-refractivity contribution in [2.45, 2.75) is 19.9 Å². The molecule has 4 N–H and O–H groups in total. The van der Waals surface area contributed by atoms with Gasteiger partial charge in [-0.2, -0.15) is 0 Å². The lowest BCUT2D eigenvalue weighted by Gasteiger charge is -2.17. The van der Waals surface area contributed by atoms with E-state index in [4.69, 9.17) is 5.73 Å². The highest BCUT2D eigenvalue weighted by atomic mass is 15.3. The fourth-order valence-electron chi connectivity index (χ4n) is 2.24. The Hall–Kier alpha value is -1.84. The van der Waals surface area contributed by atoms with Gasteiger partial charge in [0.1, 0.15) is 0 Å². The second-order valence-electron chi connectivity index (χ2n) is 4.77. The average molecular weight is 255 g/mol. The molecular weight excluding hydrogens is 234 g/mol. The van der Waals surface area contributed by atoms with Gasteiger partial charge in [0.05, 0.1) is 6.04 Å². The molecule has 0 fully saturated rings. The largest absolute Gasteiger partial charge is 0.322 e. The molecule has 2 aromatic carbocycles. The van der Waals surface area contributed by atoms with Crippen molar-refractivity contribution in [1.82, 2.24) is 5.43 Å². The summed E-state index contributed by atoms with van der Waals surface area (Å²) in [6.45, 7) is 4.24. The Morgan fingerprint density at radius 2 is 1.79 bits per heavy atom. The number of rotatable bonds is 4. The number of nitrogens with two attached hydrogens (primary N) is 1. The lowest BCUT2D eigenvalue weighted by molar-refractivity contribution is 0.857. The van der Waals surface area contributed by atoms with E-state index in [1.165, 1.54) is 16.7 Å². The van der Waals surface area contributed by atoms with Crippen molar-refractivity contribution in [3.63, 3.8) is 0 Å². The van der Waals surface area contributed by atoms with Gasteiger partial charge in [0.15, 0.2) is 0 Å². The van der Waals surface area contributed by atoms with E-state index >= 15 is 0 Å². The molecule has 0 aliphatic rings. The molecule has 0 amide bonds. The quantitative estimate of drug-likeness (QED) is 0.736. The maximum absolute atomic E-state index is 6.40. The number of aryl methyl sites for hydroxylation is 1. The third-order valence-electron chi connectivity index (χ3n) is 3.50. The molecule has 0 heterocycles. The van der Waals surface area contributed by atoms with Crippen LogP contribution < -0.4 is 16.6 Å². The minimum Gasteiger partial charge on any atom is -0.322 e. The molecule has 2 aromatic rings. The Morgan fingerprint density at radius 1 is 1.05 bits per heavy atom. The minimum atomic E-state index is -0.0986. The SMILES string of the molecule is CNNc1cccc(C(N)c2cccc(C)c2C)c1. The van der Waals surface area contributed by atoms with Gasteiger partial charge in [0.25, 0.3) is 0 Å². The van der Waals surface area contributed by atoms with Crippen LogP contribution in [0.4, 0.5) is 5.69 Å². The van der Waals surface area contributed by atoms with Gasteiger partial charge in [-0.05, 0) is 48.2 Å². The summed E-state index contributed by atoms with van der Waals surface area (Å²) in [5.41, 5.74) is 18.2. The normalized spacial score (nSPS) is 12.2. The summed E-state index contributed by atoms with van der Waals surface area (Å²) >= 11 is 0. The van der Waals surface area contributed by atoms with E-state index in [1.807, 2.05) is 19.2 Å². The highest BCUT2D eigenvalue weighted by molar-refractivity contribution is 5.48. The first-order valence-electron chi connectivity index (χ1n) is 6.48. The summed E-state index contributed by atoms with van der Waals surface area (Å²) in [5, 5.41) is 0. The molecule has 0 bridgehead atoms. The van der Waals surface area contributed by atoms with Gasteiger partial charge in [-0.15, -0.1) is 0 Å². The summed E-state index contributed by atoms with van der Waals surface area (Å²) in [6, 6.07) is 14.3. The fourth-order valence-corrected chi connectivity index (χ4v) is 2.24. The molecule has 0 aliphatic heterocycles. The Bertz CT molecular complexity index is 564. The third kappa shape index (κ3) is 2.95. The van der Waals surface area contributed by atoms with Crippen LogP contribution >= 0.6 is 0 Å². The van der Waals surface area contributed by atoms with Crippen LogP contribution in [0.2, 0.25) is 0 Å². The van der Waals surface area contributed by atoms with Crippen LogP contribution in [-0.2, 0) is 0 Å². The number of hydrogen-bond acceptors (Lipinski definition) is 3. The van der Waals surface area contributed by atoms with Crippen LogP contribution in [0, 0.1) is 13.8 Å². The van der Waals surface area contributed by atoms with Crippen molar-refractivity contribution in [1.29, 1.82) is 0 Å². The van der Waals surface area contributed by atoms with E-state index in [1.54, 1.807) is 0 Å². The van der Waals surface area contributed by atoms with Crippen LogP contribution in [0.5, 0.6) is 0 Å². The van der Waals surface area contributed by atoms with Crippen molar-refractivity contribution in [2.24, 2.45) is 5.73 Å². The highest BCUT2D eigenvalue weighted by Gasteiger charge is 2.12. The summed E-state index contributed by atoms with van der Waals surface area (Å²) in [5.74, 6) is 0. The number of anilines is 1. The van der Waals surface area contributed by atoms with Gasteiger partial charge < -0.3 is 11.2 Å². The van der Waals surface area contributed by atoms with Crippen molar-refractivity contribution in [2.75, 3.05) is 12.5 Å². The van der Waals surface area contributed by atoms with Crippen LogP contribution in [0.1, 0.15) is 28.3 Å². The Balaban J connectivity index is 2.35. The lowest BCUT2D eigenvalue weighted by Crippen LogP contribution is -2.17. The van der Waals surface area contributed by atoms with Crippen molar-refractivity contribution >= 4 is 5.69 Å². The summed E-state index contributed by atoms with van der Waals surface area (Å²) in [6.07, 6.45) is 0. The molecule has 0 aliphatic carbocycles. The second-order valence-corrected chi connectivity index (χ2v) is 4.77. The zero-order chi connectivity index (χ0) is 13.8. The number of hydrazine groups is 1. The molecule has 3 nitrogen and oxygen atoms in total. The highest BCUT2D eigenvalue weighted by Crippen LogP contribution is 2.25. The van der Waals surface area contributed by atoms with Gasteiger partial charge in [-0.3, -0.25) is 0 Å². The van der Waals surface area contributed by atoms with Gasteiger partial charge >= 0.3 is 0 Å². The van der Waals surface area contributed by atoms with Crippen LogP contribution in [0.15, 0.2) is 42.5 Å². The first kappa shape index (κ1) is 13.6. The number of nitrogens with one attached hydrogen (secondary N) is 2. The van der Waals surface area contributed by atoms with E-state index in [2.05, 4.69) is 55.0 Å². The van der Waals surface area contributed by atoms with Gasteiger partial charge in [-0.1, -0.05) is 30.3 Å². The van der Waals surface area contributed by atoms with Crippen molar-refractivity contribution in [3.8, 4) is 0 Å². The van der Waals surface area contributed by atoms with E-state index in [0.29, 0.717) is 0 Å². The average Bonchev–Trinajstić information content (AvgIpc) is 2.42. The van der Waals surface area contributed by atoms with Crippen LogP contribution in [-0.4, -0.2) is 7.05 Å². The zero-order valence-electron chi connectivity index (χ0n) is 11.7. The first-order valence-corrected chi connectivity index (χ1v) is 6.48. The molecule has 0 aromatic heterocycles. The van der Waals surface area contributed by atoms with Crippen molar-refractivity contribution < 1.29 is 0 Å². The molecule has 1 atom stereocenters. The molecule has 100 valence electrons. The molecule has 0 spiro atoms. The van der Waals surface area contributed by atoms with E-state index in [-0.39, 0.29) is 6.04 Å². The minimum absolute atomic E-state index is 0.0986. The van der Waals surface area contributed by atoms with Crippen molar-refractivity contribution in [3.05, 3.63) is 64.7 Å². The Labute approximate surface area is 114 Å². The molecule has 1 unspecified atom stereocenters. The third-order valence-corrected chi connectivity index (χ3v) is 3.50. The second kappa shape index (κ2) is 5.87. The Morgan fingerprint density at radius 3 is 2.53 bits per heavy atom. The lowest BCUT2D eigenvalue weighted by atomic mass is 9.93. The molecule has 0 saturated heterocycles. The summed E-state index contributed by atoms with van der Waals surface area (Å²) < 4.78 is 0. The molecule has 2 rings (SSSR count). The first-order chi connectivity index (χ1) is 9.13. The molecule has 0 radical (unpaired) electrons. The standard InChI is InChI=1S/C16H21N3/c1-11-6-4-9-15(12(11)2)16(17)13-7-5-8-14(10-13)19-18-3/h4-10,16,18-19H,17H2,1-3H3. The van der Waals surface area contributed by atoms with Gasteiger partial charge in [0, 0.05) is 12.7 Å². The topological polar surface area (TPSA) is 50.1 Å². The maximum Gasteiger partial charge on any atom is 0.0555 e. The molecule has 3 heteroatoms. The smallest absolute Gasteiger partial charge is 0.0555 e. The fraction of sp³-hybridized carbons (Fsp3) is 0.250. The summed E-state index contributed by atoms with van der Waals surface area (Å²) in [4.78, 5) is 0.